The summed E-state index contributed by atoms with van der Waals surface area (Å²) in [6.45, 7) is 9.13. The van der Waals surface area contributed by atoms with E-state index in [0.29, 0.717) is 18.1 Å². The van der Waals surface area contributed by atoms with Crippen LogP contribution in [0.2, 0.25) is 0 Å². The Balaban J connectivity index is 2.68. The Labute approximate surface area is 113 Å². The average Bonchev–Trinajstić information content (AvgIpc) is 2.36. The molecule has 18 heavy (non-hydrogen) atoms. The van der Waals surface area contributed by atoms with Crippen LogP contribution in [0.15, 0.2) is 0 Å². The number of aliphatic hydroxyl groups is 1. The minimum absolute atomic E-state index is 0.0567. The molecule has 0 radical (unpaired) electrons. The fraction of sp³-hybridized carbons (Fsp3) is 1.00. The lowest BCUT2D eigenvalue weighted by Crippen LogP contribution is -2.58. The first-order chi connectivity index (χ1) is 8.44. The molecule has 2 N–H and O–H groups in total. The third kappa shape index (κ3) is 3.94. The van der Waals surface area contributed by atoms with Crippen LogP contribution >= 0.6 is 0 Å². The first kappa shape index (κ1) is 15.9. The molecule has 1 aliphatic rings. The van der Waals surface area contributed by atoms with Crippen molar-refractivity contribution in [2.75, 3.05) is 13.7 Å². The predicted octanol–water partition coefficient (Wildman–Crippen LogP) is 2.39. The van der Waals surface area contributed by atoms with Crippen molar-refractivity contribution in [1.29, 1.82) is 0 Å². The van der Waals surface area contributed by atoms with Gasteiger partial charge in [0.1, 0.15) is 0 Å². The van der Waals surface area contributed by atoms with Crippen molar-refractivity contribution in [2.45, 2.75) is 83.5 Å². The predicted molar refractivity (Wildman–Crippen MR) is 77.9 cm³/mol. The molecule has 1 saturated carbocycles. The summed E-state index contributed by atoms with van der Waals surface area (Å²) >= 11 is 0. The first-order valence-electron chi connectivity index (χ1n) is 7.54. The van der Waals surface area contributed by atoms with Crippen LogP contribution in [0.5, 0.6) is 0 Å². The van der Waals surface area contributed by atoms with Crippen LogP contribution < -0.4 is 5.32 Å². The first-order valence-corrected chi connectivity index (χ1v) is 7.54. The third-order valence-corrected chi connectivity index (χ3v) is 4.58. The van der Waals surface area contributed by atoms with E-state index in [0.717, 1.165) is 12.8 Å². The lowest BCUT2D eigenvalue weighted by Gasteiger charge is -2.46. The van der Waals surface area contributed by atoms with Crippen LogP contribution in [0.3, 0.4) is 0 Å². The van der Waals surface area contributed by atoms with E-state index in [1.807, 2.05) is 0 Å². The second-order valence-electron chi connectivity index (χ2n) is 6.41. The molecule has 3 atom stereocenters. The fourth-order valence-electron chi connectivity index (χ4n) is 3.26. The van der Waals surface area contributed by atoms with Gasteiger partial charge >= 0.3 is 0 Å². The minimum atomic E-state index is -0.0567. The highest BCUT2D eigenvalue weighted by atomic mass is 16.3. The maximum Gasteiger partial charge on any atom is 0.0613 e. The Kier molecular flexibility index (Phi) is 6.09. The summed E-state index contributed by atoms with van der Waals surface area (Å²) in [6.07, 6.45) is 5.85. The highest BCUT2D eigenvalue weighted by Gasteiger charge is 2.38. The molecule has 1 aliphatic carbocycles. The van der Waals surface area contributed by atoms with Crippen molar-refractivity contribution >= 4 is 0 Å². The number of hydrogen-bond donors (Lipinski definition) is 2. The molecule has 3 unspecified atom stereocenters. The van der Waals surface area contributed by atoms with E-state index >= 15 is 0 Å². The van der Waals surface area contributed by atoms with Crippen molar-refractivity contribution in [1.82, 2.24) is 10.2 Å². The van der Waals surface area contributed by atoms with E-state index in [1.54, 1.807) is 0 Å². The van der Waals surface area contributed by atoms with Crippen LogP contribution in [0.25, 0.3) is 0 Å². The number of aliphatic hydroxyl groups excluding tert-OH is 1. The van der Waals surface area contributed by atoms with Gasteiger partial charge in [-0.25, -0.2) is 0 Å². The van der Waals surface area contributed by atoms with Gasteiger partial charge in [0.15, 0.2) is 0 Å². The SMILES string of the molecule is CCC(C)N(C)C1CCCC(CO)(NC(C)C)C1. The standard InChI is InChI=1S/C15H32N2O/c1-6-13(4)17(5)14-8-7-9-15(10-14,11-18)16-12(2)3/h12-14,16,18H,6-11H2,1-5H3. The van der Waals surface area contributed by atoms with Crippen LogP contribution in [0.4, 0.5) is 0 Å². The molecule has 3 heteroatoms. The smallest absolute Gasteiger partial charge is 0.0613 e. The Bertz CT molecular complexity index is 245. The van der Waals surface area contributed by atoms with Gasteiger partial charge in [0, 0.05) is 23.7 Å². The highest BCUT2D eigenvalue weighted by molar-refractivity contribution is 4.97. The van der Waals surface area contributed by atoms with E-state index in [1.165, 1.54) is 19.3 Å². The lowest BCUT2D eigenvalue weighted by molar-refractivity contribution is 0.0501. The Morgan fingerprint density at radius 3 is 2.56 bits per heavy atom. The normalized spacial score (nSPS) is 31.0. The van der Waals surface area contributed by atoms with Crippen molar-refractivity contribution in [3.8, 4) is 0 Å². The molecule has 1 fully saturated rings. The summed E-state index contributed by atoms with van der Waals surface area (Å²) in [4.78, 5) is 2.51. The quantitative estimate of drug-likeness (QED) is 0.766. The minimum Gasteiger partial charge on any atom is -0.394 e. The summed E-state index contributed by atoms with van der Waals surface area (Å²) in [6, 6.07) is 1.67. The summed E-state index contributed by atoms with van der Waals surface area (Å²) < 4.78 is 0. The van der Waals surface area contributed by atoms with Gasteiger partial charge in [0.05, 0.1) is 6.61 Å². The van der Waals surface area contributed by atoms with Gasteiger partial charge in [-0.3, -0.25) is 0 Å². The van der Waals surface area contributed by atoms with Crippen LogP contribution in [-0.4, -0.2) is 47.3 Å². The monoisotopic (exact) mass is 256 g/mol. The molecule has 0 amide bonds. The van der Waals surface area contributed by atoms with Crippen molar-refractivity contribution in [3.05, 3.63) is 0 Å². The van der Waals surface area contributed by atoms with E-state index in [-0.39, 0.29) is 12.1 Å². The molecule has 0 aromatic heterocycles. The molecular weight excluding hydrogens is 224 g/mol. The molecule has 0 aromatic rings. The molecule has 1 rings (SSSR count). The maximum atomic E-state index is 9.80. The summed E-state index contributed by atoms with van der Waals surface area (Å²) in [5.74, 6) is 0. The molecule has 0 aliphatic heterocycles. The van der Waals surface area contributed by atoms with Crippen LogP contribution in [0, 0.1) is 0 Å². The zero-order valence-electron chi connectivity index (χ0n) is 12.9. The number of rotatable bonds is 6. The Morgan fingerprint density at radius 1 is 1.39 bits per heavy atom. The van der Waals surface area contributed by atoms with Crippen LogP contribution in [0.1, 0.15) is 59.8 Å². The molecule has 0 heterocycles. The summed E-state index contributed by atoms with van der Waals surface area (Å²) in [5, 5.41) is 13.4. The highest BCUT2D eigenvalue weighted by Crippen LogP contribution is 2.32. The lowest BCUT2D eigenvalue weighted by atomic mass is 9.78. The zero-order chi connectivity index (χ0) is 13.8. The Morgan fingerprint density at radius 2 is 2.06 bits per heavy atom. The fourth-order valence-corrected chi connectivity index (χ4v) is 3.26. The van der Waals surface area contributed by atoms with E-state index in [9.17, 15) is 5.11 Å². The number of nitrogens with one attached hydrogen (secondary N) is 1. The van der Waals surface area contributed by atoms with Gasteiger partial charge < -0.3 is 15.3 Å². The van der Waals surface area contributed by atoms with E-state index in [2.05, 4.69) is 45.0 Å². The molecule has 0 saturated heterocycles. The second kappa shape index (κ2) is 6.88. The molecule has 3 nitrogen and oxygen atoms in total. The molecular formula is C15H32N2O. The number of hydrogen-bond acceptors (Lipinski definition) is 3. The average molecular weight is 256 g/mol. The molecule has 0 aromatic carbocycles. The summed E-state index contributed by atoms with van der Waals surface area (Å²) in [7, 11) is 2.24. The maximum absolute atomic E-state index is 9.80. The van der Waals surface area contributed by atoms with Gasteiger partial charge in [-0.2, -0.15) is 0 Å². The van der Waals surface area contributed by atoms with Gasteiger partial charge in [-0.05, 0) is 46.1 Å². The van der Waals surface area contributed by atoms with Gasteiger partial charge in [-0.1, -0.05) is 20.8 Å². The van der Waals surface area contributed by atoms with Crippen LogP contribution in [-0.2, 0) is 0 Å². The van der Waals surface area contributed by atoms with E-state index in [4.69, 9.17) is 0 Å². The number of nitrogens with zero attached hydrogens (tertiary/aromatic N) is 1. The van der Waals surface area contributed by atoms with Crippen molar-refractivity contribution in [3.63, 3.8) is 0 Å². The van der Waals surface area contributed by atoms with Gasteiger partial charge in [0.2, 0.25) is 0 Å². The molecule has 0 spiro atoms. The zero-order valence-corrected chi connectivity index (χ0v) is 12.9. The van der Waals surface area contributed by atoms with Crippen molar-refractivity contribution < 1.29 is 5.11 Å². The van der Waals surface area contributed by atoms with Gasteiger partial charge in [0.25, 0.3) is 0 Å². The topological polar surface area (TPSA) is 35.5 Å². The largest absolute Gasteiger partial charge is 0.394 e. The molecule has 0 bridgehead atoms. The van der Waals surface area contributed by atoms with Gasteiger partial charge in [-0.15, -0.1) is 0 Å². The summed E-state index contributed by atoms with van der Waals surface area (Å²) in [5.41, 5.74) is -0.0567. The second-order valence-corrected chi connectivity index (χ2v) is 6.41. The molecule has 108 valence electrons. The Hall–Kier alpha value is -0.120. The third-order valence-electron chi connectivity index (χ3n) is 4.58. The van der Waals surface area contributed by atoms with E-state index < -0.39 is 0 Å². The van der Waals surface area contributed by atoms with Crippen molar-refractivity contribution in [2.24, 2.45) is 0 Å².